The summed E-state index contributed by atoms with van der Waals surface area (Å²) in [5.74, 6) is 0.637. The molecule has 1 saturated carbocycles. The number of hydrogen-bond donors (Lipinski definition) is 2. The third kappa shape index (κ3) is 1.91. The van der Waals surface area contributed by atoms with Gasteiger partial charge in [-0.1, -0.05) is 12.5 Å². The van der Waals surface area contributed by atoms with Gasteiger partial charge in [-0.05, 0) is 30.7 Å². The van der Waals surface area contributed by atoms with Crippen LogP contribution in [0.2, 0.25) is 0 Å². The van der Waals surface area contributed by atoms with Crippen molar-refractivity contribution in [2.45, 2.75) is 31.6 Å². The lowest BCUT2D eigenvalue weighted by atomic mass is 9.81. The standard InChI is InChI=1S/C13H16N2OS/c16-7-6-10-12(9-3-1-4-9)14-15-13(10)11-5-2-8-17-11/h2,5,8-9,16H,1,3-4,6-7H2,(H,14,15). The molecule has 0 unspecified atom stereocenters. The smallest absolute Gasteiger partial charge is 0.106 e. The minimum Gasteiger partial charge on any atom is -0.396 e. The Morgan fingerprint density at radius 2 is 2.35 bits per heavy atom. The molecule has 1 fully saturated rings. The summed E-state index contributed by atoms with van der Waals surface area (Å²) in [7, 11) is 0. The number of H-pyrrole nitrogens is 1. The second kappa shape index (κ2) is 4.63. The second-order valence-electron chi connectivity index (χ2n) is 4.54. The van der Waals surface area contributed by atoms with E-state index in [1.807, 2.05) is 6.07 Å². The summed E-state index contributed by atoms with van der Waals surface area (Å²) >= 11 is 1.70. The quantitative estimate of drug-likeness (QED) is 0.874. The van der Waals surface area contributed by atoms with Crippen molar-refractivity contribution in [3.05, 3.63) is 28.8 Å². The minimum absolute atomic E-state index is 0.192. The van der Waals surface area contributed by atoms with Gasteiger partial charge in [-0.2, -0.15) is 5.10 Å². The fourth-order valence-electron chi connectivity index (χ4n) is 2.40. The Kier molecular flexibility index (Phi) is 2.99. The summed E-state index contributed by atoms with van der Waals surface area (Å²) in [6, 6.07) is 4.13. The van der Waals surface area contributed by atoms with Crippen molar-refractivity contribution >= 4 is 11.3 Å². The summed E-state index contributed by atoms with van der Waals surface area (Å²) in [4.78, 5) is 1.19. The number of nitrogens with zero attached hydrogens (tertiary/aromatic N) is 1. The molecule has 0 radical (unpaired) electrons. The maximum atomic E-state index is 9.22. The van der Waals surface area contributed by atoms with Crippen molar-refractivity contribution in [3.63, 3.8) is 0 Å². The first kappa shape index (κ1) is 11.0. The molecule has 0 bridgehead atoms. The first-order chi connectivity index (χ1) is 8.40. The summed E-state index contributed by atoms with van der Waals surface area (Å²) in [6.45, 7) is 0.192. The van der Waals surface area contributed by atoms with Crippen LogP contribution in [-0.4, -0.2) is 21.9 Å². The van der Waals surface area contributed by atoms with Gasteiger partial charge in [0.15, 0.2) is 0 Å². The Hall–Kier alpha value is -1.13. The summed E-state index contributed by atoms with van der Waals surface area (Å²) in [5.41, 5.74) is 3.52. The highest BCUT2D eigenvalue weighted by atomic mass is 32.1. The Bertz CT molecular complexity index is 485. The van der Waals surface area contributed by atoms with Crippen molar-refractivity contribution in [1.82, 2.24) is 10.2 Å². The van der Waals surface area contributed by atoms with Gasteiger partial charge >= 0.3 is 0 Å². The lowest BCUT2D eigenvalue weighted by molar-refractivity contribution is 0.298. The van der Waals surface area contributed by atoms with Gasteiger partial charge in [-0.25, -0.2) is 0 Å². The van der Waals surface area contributed by atoms with E-state index in [0.29, 0.717) is 12.3 Å². The molecule has 1 aliphatic rings. The number of hydrogen-bond acceptors (Lipinski definition) is 3. The van der Waals surface area contributed by atoms with Crippen LogP contribution in [0.3, 0.4) is 0 Å². The van der Waals surface area contributed by atoms with Crippen molar-refractivity contribution < 1.29 is 5.11 Å². The molecule has 2 aromatic rings. The number of aromatic nitrogens is 2. The first-order valence-electron chi connectivity index (χ1n) is 6.12. The maximum absolute atomic E-state index is 9.22. The van der Waals surface area contributed by atoms with E-state index in [0.717, 1.165) is 5.69 Å². The molecule has 90 valence electrons. The molecular weight excluding hydrogens is 232 g/mol. The van der Waals surface area contributed by atoms with Gasteiger partial charge in [0.25, 0.3) is 0 Å². The van der Waals surface area contributed by atoms with E-state index in [-0.39, 0.29) is 6.61 Å². The van der Waals surface area contributed by atoms with Gasteiger partial charge in [-0.3, -0.25) is 5.10 Å². The van der Waals surface area contributed by atoms with Crippen LogP contribution in [0, 0.1) is 0 Å². The third-order valence-electron chi connectivity index (χ3n) is 3.53. The molecule has 3 nitrogen and oxygen atoms in total. The molecule has 0 spiro atoms. The third-order valence-corrected chi connectivity index (χ3v) is 4.41. The Balaban J connectivity index is 2.00. The number of rotatable bonds is 4. The van der Waals surface area contributed by atoms with Crippen molar-refractivity contribution in [2.75, 3.05) is 6.61 Å². The Morgan fingerprint density at radius 1 is 1.47 bits per heavy atom. The number of aliphatic hydroxyl groups excluding tert-OH is 1. The van der Waals surface area contributed by atoms with E-state index in [1.54, 1.807) is 11.3 Å². The minimum atomic E-state index is 0.192. The Morgan fingerprint density at radius 3 is 2.94 bits per heavy atom. The summed E-state index contributed by atoms with van der Waals surface area (Å²) < 4.78 is 0. The molecule has 0 aliphatic heterocycles. The topological polar surface area (TPSA) is 48.9 Å². The molecule has 2 aromatic heterocycles. The predicted octanol–water partition coefficient (Wildman–Crippen LogP) is 2.94. The van der Waals surface area contributed by atoms with Crippen LogP contribution in [0.4, 0.5) is 0 Å². The number of aliphatic hydroxyl groups is 1. The predicted molar refractivity (Wildman–Crippen MR) is 69.3 cm³/mol. The van der Waals surface area contributed by atoms with Gasteiger partial charge in [-0.15, -0.1) is 11.3 Å². The van der Waals surface area contributed by atoms with Crippen LogP contribution in [0.15, 0.2) is 17.5 Å². The van der Waals surface area contributed by atoms with Gasteiger partial charge in [0.2, 0.25) is 0 Å². The molecular formula is C13H16N2OS. The van der Waals surface area contributed by atoms with Gasteiger partial charge in [0, 0.05) is 23.8 Å². The van der Waals surface area contributed by atoms with E-state index >= 15 is 0 Å². The van der Waals surface area contributed by atoms with Crippen LogP contribution < -0.4 is 0 Å². The molecule has 1 aliphatic carbocycles. The monoisotopic (exact) mass is 248 g/mol. The molecule has 0 saturated heterocycles. The van der Waals surface area contributed by atoms with Gasteiger partial charge in [0.05, 0.1) is 4.88 Å². The van der Waals surface area contributed by atoms with Crippen LogP contribution >= 0.6 is 11.3 Å². The SMILES string of the molecule is OCCc1c(-c2cccs2)n[nH]c1C1CCC1. The molecule has 2 N–H and O–H groups in total. The van der Waals surface area contributed by atoms with Crippen LogP contribution in [-0.2, 0) is 6.42 Å². The van der Waals surface area contributed by atoms with Crippen LogP contribution in [0.5, 0.6) is 0 Å². The maximum Gasteiger partial charge on any atom is 0.106 e. The number of aromatic amines is 1. The van der Waals surface area contributed by atoms with Gasteiger partial charge < -0.3 is 5.11 Å². The van der Waals surface area contributed by atoms with Crippen molar-refractivity contribution in [2.24, 2.45) is 0 Å². The first-order valence-corrected chi connectivity index (χ1v) is 7.00. The van der Waals surface area contributed by atoms with Crippen LogP contribution in [0.25, 0.3) is 10.6 Å². The fourth-order valence-corrected chi connectivity index (χ4v) is 3.14. The van der Waals surface area contributed by atoms with Gasteiger partial charge in [0.1, 0.15) is 5.69 Å². The highest BCUT2D eigenvalue weighted by Gasteiger charge is 2.26. The highest BCUT2D eigenvalue weighted by molar-refractivity contribution is 7.13. The zero-order chi connectivity index (χ0) is 11.7. The number of nitrogens with one attached hydrogen (secondary N) is 1. The van der Waals surface area contributed by atoms with E-state index in [1.165, 1.54) is 35.4 Å². The van der Waals surface area contributed by atoms with E-state index in [2.05, 4.69) is 21.6 Å². The zero-order valence-corrected chi connectivity index (χ0v) is 10.5. The highest BCUT2D eigenvalue weighted by Crippen LogP contribution is 2.40. The molecule has 0 amide bonds. The normalized spacial score (nSPS) is 16.1. The molecule has 4 heteroatoms. The molecule has 0 atom stereocenters. The average Bonchev–Trinajstić information content (AvgIpc) is 2.86. The largest absolute Gasteiger partial charge is 0.396 e. The number of thiophene rings is 1. The van der Waals surface area contributed by atoms with Crippen molar-refractivity contribution in [3.8, 4) is 10.6 Å². The van der Waals surface area contributed by atoms with E-state index in [9.17, 15) is 5.11 Å². The second-order valence-corrected chi connectivity index (χ2v) is 5.49. The van der Waals surface area contributed by atoms with Crippen molar-refractivity contribution in [1.29, 1.82) is 0 Å². The fraction of sp³-hybridized carbons (Fsp3) is 0.462. The lowest BCUT2D eigenvalue weighted by Gasteiger charge is -2.25. The molecule has 3 rings (SSSR count). The van der Waals surface area contributed by atoms with Crippen LogP contribution in [0.1, 0.15) is 36.4 Å². The average molecular weight is 248 g/mol. The molecule has 2 heterocycles. The molecule has 0 aromatic carbocycles. The summed E-state index contributed by atoms with van der Waals surface area (Å²) in [6.07, 6.45) is 4.53. The summed E-state index contributed by atoms with van der Waals surface area (Å²) in [5, 5.41) is 18.9. The van der Waals surface area contributed by atoms with E-state index in [4.69, 9.17) is 0 Å². The lowest BCUT2D eigenvalue weighted by Crippen LogP contribution is -2.11. The zero-order valence-electron chi connectivity index (χ0n) is 9.65. The molecule has 17 heavy (non-hydrogen) atoms. The Labute approximate surface area is 105 Å². The van der Waals surface area contributed by atoms with E-state index < -0.39 is 0 Å².